The van der Waals surface area contributed by atoms with Gasteiger partial charge in [-0.2, -0.15) is 0 Å². The highest BCUT2D eigenvalue weighted by atomic mass is 16.3. The van der Waals surface area contributed by atoms with E-state index in [1.165, 1.54) is 0 Å². The summed E-state index contributed by atoms with van der Waals surface area (Å²) in [6.07, 6.45) is 0.882. The molecule has 0 radical (unpaired) electrons. The Morgan fingerprint density at radius 2 is 2.10 bits per heavy atom. The maximum absolute atomic E-state index is 9.57. The molecule has 1 saturated heterocycles. The van der Waals surface area contributed by atoms with Crippen molar-refractivity contribution in [2.45, 2.75) is 12.0 Å². The molecule has 0 aromatic rings. The van der Waals surface area contributed by atoms with Crippen molar-refractivity contribution in [2.75, 3.05) is 33.7 Å². The van der Waals surface area contributed by atoms with Gasteiger partial charge in [-0.25, -0.2) is 0 Å². The Balaban J connectivity index is 2.12. The molecule has 0 aromatic heterocycles. The highest BCUT2D eigenvalue weighted by Gasteiger charge is 2.33. The molecule has 2 N–H and O–H groups in total. The number of rotatable bonds is 3. The van der Waals surface area contributed by atoms with Crippen molar-refractivity contribution in [3.8, 4) is 0 Å². The van der Waals surface area contributed by atoms with E-state index in [9.17, 15) is 5.11 Å². The molecule has 1 fully saturated rings. The molecule has 3 heteroatoms. The molecule has 3 nitrogen and oxygen atoms in total. The third-order valence-corrected chi connectivity index (χ3v) is 1.93. The zero-order chi connectivity index (χ0) is 7.61. The quantitative estimate of drug-likeness (QED) is 0.548. The van der Waals surface area contributed by atoms with Gasteiger partial charge in [-0.1, -0.05) is 0 Å². The maximum atomic E-state index is 9.57. The Morgan fingerprint density at radius 3 is 2.40 bits per heavy atom. The van der Waals surface area contributed by atoms with Gasteiger partial charge in [0, 0.05) is 19.6 Å². The van der Waals surface area contributed by atoms with E-state index in [1.807, 2.05) is 14.1 Å². The standard InChI is InChI=1S/C7H16N2O/c1-9(2)4-3-7(10)5-8-6-7/h8,10H,3-6H2,1-2H3. The number of hydrogen-bond acceptors (Lipinski definition) is 3. The fraction of sp³-hybridized carbons (Fsp3) is 1.00. The Hall–Kier alpha value is -0.120. The lowest BCUT2D eigenvalue weighted by Gasteiger charge is -2.38. The van der Waals surface area contributed by atoms with E-state index < -0.39 is 5.60 Å². The molecule has 0 spiro atoms. The molecule has 1 aliphatic rings. The highest BCUT2D eigenvalue weighted by Crippen LogP contribution is 2.14. The molecule has 0 amide bonds. The summed E-state index contributed by atoms with van der Waals surface area (Å²) < 4.78 is 0. The average Bonchev–Trinajstić information content (AvgIpc) is 1.79. The van der Waals surface area contributed by atoms with Crippen LogP contribution < -0.4 is 5.32 Å². The molecule has 0 aliphatic carbocycles. The Kier molecular flexibility index (Phi) is 2.28. The van der Waals surface area contributed by atoms with Crippen molar-refractivity contribution in [2.24, 2.45) is 0 Å². The van der Waals surface area contributed by atoms with Gasteiger partial charge in [0.15, 0.2) is 0 Å². The molecule has 60 valence electrons. The predicted molar refractivity (Wildman–Crippen MR) is 41.0 cm³/mol. The van der Waals surface area contributed by atoms with E-state index in [1.54, 1.807) is 0 Å². The van der Waals surface area contributed by atoms with Crippen molar-refractivity contribution < 1.29 is 5.11 Å². The SMILES string of the molecule is CN(C)CCC1(O)CNC1. The number of β-amino-alcohol motifs (C(OH)–C–C–N with tert-alkyl or cyclic N) is 1. The molecule has 0 saturated carbocycles. The third-order valence-electron chi connectivity index (χ3n) is 1.93. The van der Waals surface area contributed by atoms with Crippen LogP contribution in [0.15, 0.2) is 0 Å². The minimum Gasteiger partial charge on any atom is -0.387 e. The summed E-state index contributed by atoms with van der Waals surface area (Å²) in [6, 6.07) is 0. The average molecular weight is 144 g/mol. The molecular formula is C7H16N2O. The molecule has 0 aromatic carbocycles. The van der Waals surface area contributed by atoms with Crippen LogP contribution in [0.25, 0.3) is 0 Å². The molecule has 1 heterocycles. The van der Waals surface area contributed by atoms with Crippen LogP contribution in [0.5, 0.6) is 0 Å². The molecule has 10 heavy (non-hydrogen) atoms. The molecule has 1 aliphatic heterocycles. The summed E-state index contributed by atoms with van der Waals surface area (Å²) >= 11 is 0. The van der Waals surface area contributed by atoms with E-state index in [0.29, 0.717) is 0 Å². The van der Waals surface area contributed by atoms with Gasteiger partial charge in [-0.15, -0.1) is 0 Å². The Morgan fingerprint density at radius 1 is 1.50 bits per heavy atom. The number of aliphatic hydroxyl groups is 1. The van der Waals surface area contributed by atoms with Gasteiger partial charge in [0.2, 0.25) is 0 Å². The van der Waals surface area contributed by atoms with Gasteiger partial charge >= 0.3 is 0 Å². The maximum Gasteiger partial charge on any atom is 0.0907 e. The van der Waals surface area contributed by atoms with E-state index in [4.69, 9.17) is 0 Å². The summed E-state index contributed by atoms with van der Waals surface area (Å²) in [4.78, 5) is 2.09. The van der Waals surface area contributed by atoms with Crippen LogP contribution in [-0.2, 0) is 0 Å². The van der Waals surface area contributed by atoms with Crippen LogP contribution >= 0.6 is 0 Å². The summed E-state index contributed by atoms with van der Waals surface area (Å²) in [5.41, 5.74) is -0.399. The lowest BCUT2D eigenvalue weighted by Crippen LogP contribution is -2.60. The first-order chi connectivity index (χ1) is 4.62. The normalized spacial score (nSPS) is 22.8. The van der Waals surface area contributed by atoms with Crippen molar-refractivity contribution in [3.05, 3.63) is 0 Å². The molecular weight excluding hydrogens is 128 g/mol. The summed E-state index contributed by atoms with van der Waals surface area (Å²) in [5.74, 6) is 0. The summed E-state index contributed by atoms with van der Waals surface area (Å²) in [7, 11) is 4.05. The molecule has 0 bridgehead atoms. The van der Waals surface area contributed by atoms with Crippen molar-refractivity contribution in [1.29, 1.82) is 0 Å². The summed E-state index contributed by atoms with van der Waals surface area (Å²) in [6.45, 7) is 2.50. The van der Waals surface area contributed by atoms with Gasteiger partial charge in [-0.05, 0) is 20.5 Å². The zero-order valence-electron chi connectivity index (χ0n) is 6.72. The van der Waals surface area contributed by atoms with Crippen LogP contribution in [0.2, 0.25) is 0 Å². The molecule has 1 rings (SSSR count). The smallest absolute Gasteiger partial charge is 0.0907 e. The monoisotopic (exact) mass is 144 g/mol. The topological polar surface area (TPSA) is 35.5 Å². The van der Waals surface area contributed by atoms with Crippen LogP contribution in [0, 0.1) is 0 Å². The Bertz CT molecular complexity index is 110. The second-order valence-electron chi connectivity index (χ2n) is 3.38. The first-order valence-electron chi connectivity index (χ1n) is 3.70. The van der Waals surface area contributed by atoms with Crippen molar-refractivity contribution >= 4 is 0 Å². The second-order valence-corrected chi connectivity index (χ2v) is 3.38. The lowest BCUT2D eigenvalue weighted by atomic mass is 9.93. The minimum absolute atomic E-state index is 0.399. The zero-order valence-corrected chi connectivity index (χ0v) is 6.72. The van der Waals surface area contributed by atoms with Crippen molar-refractivity contribution in [3.63, 3.8) is 0 Å². The Labute approximate surface area is 62.0 Å². The van der Waals surface area contributed by atoms with E-state index in [-0.39, 0.29) is 0 Å². The van der Waals surface area contributed by atoms with E-state index in [2.05, 4.69) is 10.2 Å². The van der Waals surface area contributed by atoms with Gasteiger partial charge in [0.25, 0.3) is 0 Å². The first kappa shape index (κ1) is 7.98. The van der Waals surface area contributed by atoms with E-state index >= 15 is 0 Å². The van der Waals surface area contributed by atoms with Crippen LogP contribution in [0.1, 0.15) is 6.42 Å². The van der Waals surface area contributed by atoms with Gasteiger partial charge in [0.05, 0.1) is 5.60 Å². The molecule has 0 atom stereocenters. The van der Waals surface area contributed by atoms with E-state index in [0.717, 1.165) is 26.1 Å². The van der Waals surface area contributed by atoms with Gasteiger partial charge < -0.3 is 15.3 Å². The predicted octanol–water partition coefficient (Wildman–Crippen LogP) is -0.728. The fourth-order valence-electron chi connectivity index (χ4n) is 1.02. The van der Waals surface area contributed by atoms with Crippen LogP contribution in [-0.4, -0.2) is 49.3 Å². The fourth-order valence-corrected chi connectivity index (χ4v) is 1.02. The highest BCUT2D eigenvalue weighted by molar-refractivity contribution is 4.92. The molecule has 0 unspecified atom stereocenters. The van der Waals surface area contributed by atoms with Gasteiger partial charge in [-0.3, -0.25) is 0 Å². The van der Waals surface area contributed by atoms with Crippen LogP contribution in [0.4, 0.5) is 0 Å². The first-order valence-corrected chi connectivity index (χ1v) is 3.70. The minimum atomic E-state index is -0.399. The largest absolute Gasteiger partial charge is 0.387 e. The lowest BCUT2D eigenvalue weighted by molar-refractivity contribution is -0.0215. The number of nitrogens with zero attached hydrogens (tertiary/aromatic N) is 1. The van der Waals surface area contributed by atoms with Gasteiger partial charge in [0.1, 0.15) is 0 Å². The second kappa shape index (κ2) is 2.86. The third kappa shape index (κ3) is 1.94. The van der Waals surface area contributed by atoms with Crippen molar-refractivity contribution in [1.82, 2.24) is 10.2 Å². The number of hydrogen-bond donors (Lipinski definition) is 2. The number of nitrogens with one attached hydrogen (secondary N) is 1. The summed E-state index contributed by atoms with van der Waals surface area (Å²) in [5, 5.41) is 12.6. The van der Waals surface area contributed by atoms with Crippen LogP contribution in [0.3, 0.4) is 0 Å².